The molecule has 1 heterocycles. The van der Waals surface area contributed by atoms with Crippen LogP contribution in [0.15, 0.2) is 41.8 Å². The minimum absolute atomic E-state index is 0.391. The van der Waals surface area contributed by atoms with E-state index >= 15 is 0 Å². The van der Waals surface area contributed by atoms with Crippen LogP contribution in [0.5, 0.6) is 0 Å². The van der Waals surface area contributed by atoms with E-state index in [-0.39, 0.29) is 0 Å². The molecule has 2 aromatic rings. The van der Waals surface area contributed by atoms with Gasteiger partial charge in [0.25, 0.3) is 0 Å². The Morgan fingerprint density at radius 2 is 1.73 bits per heavy atom. The Bertz CT molecular complexity index is 635. The zero-order valence-corrected chi connectivity index (χ0v) is 12.0. The molecule has 0 aliphatic carbocycles. The number of alkyl halides is 3. The molecule has 0 amide bonds. The number of nitrogens with zero attached hydrogens (tertiary/aromatic N) is 3. The van der Waals surface area contributed by atoms with E-state index in [2.05, 4.69) is 9.97 Å². The molecule has 2 rings (SSSR count). The van der Waals surface area contributed by atoms with Crippen molar-refractivity contribution < 1.29 is 22.0 Å². The number of aromatic nitrogens is 2. The van der Waals surface area contributed by atoms with Crippen molar-refractivity contribution in [1.29, 1.82) is 0 Å². The lowest BCUT2D eigenvalue weighted by Gasteiger charge is -2.29. The van der Waals surface area contributed by atoms with Gasteiger partial charge in [-0.25, -0.2) is 23.1 Å². The molecule has 1 unspecified atom stereocenters. The number of benzene rings is 1. The third-order valence-electron chi connectivity index (χ3n) is 2.72. The van der Waals surface area contributed by atoms with Gasteiger partial charge < -0.3 is 0 Å². The highest BCUT2D eigenvalue weighted by Gasteiger charge is 2.44. The van der Waals surface area contributed by atoms with E-state index in [0.717, 1.165) is 22.3 Å². The zero-order chi connectivity index (χ0) is 16.3. The summed E-state index contributed by atoms with van der Waals surface area (Å²) in [6.45, 7) is 0. The molecule has 0 radical (unpaired) electrons. The Balaban J connectivity index is 2.31. The summed E-state index contributed by atoms with van der Waals surface area (Å²) in [6, 6.07) is 0.0298. The standard InChI is InChI=1S/C13H10F5N3S/c1-21(22-9-5-19-7-20-6-9)12(13(16,17)18)8-2-3-10(14)11(15)4-8/h2-7,12H,1H3. The van der Waals surface area contributed by atoms with Crippen molar-refractivity contribution in [1.82, 2.24) is 14.3 Å². The summed E-state index contributed by atoms with van der Waals surface area (Å²) in [5, 5.41) is 0. The maximum Gasteiger partial charge on any atom is 0.408 e. The summed E-state index contributed by atoms with van der Waals surface area (Å²) in [5.41, 5.74) is -0.391. The molecule has 1 atom stereocenters. The Morgan fingerprint density at radius 1 is 1.09 bits per heavy atom. The maximum atomic E-state index is 13.3. The van der Waals surface area contributed by atoms with Crippen LogP contribution in [-0.2, 0) is 0 Å². The van der Waals surface area contributed by atoms with Gasteiger partial charge >= 0.3 is 6.18 Å². The second-order valence-corrected chi connectivity index (χ2v) is 5.56. The van der Waals surface area contributed by atoms with Gasteiger partial charge in [-0.05, 0) is 36.7 Å². The van der Waals surface area contributed by atoms with E-state index in [1.807, 2.05) is 0 Å². The molecule has 1 aromatic heterocycles. The van der Waals surface area contributed by atoms with Crippen LogP contribution in [0, 0.1) is 11.6 Å². The number of hydrogen-bond donors (Lipinski definition) is 0. The van der Waals surface area contributed by atoms with Crippen molar-refractivity contribution in [3.05, 3.63) is 54.1 Å². The van der Waals surface area contributed by atoms with Crippen LogP contribution in [0.1, 0.15) is 11.6 Å². The molecule has 0 aliphatic rings. The van der Waals surface area contributed by atoms with E-state index < -0.39 is 29.4 Å². The fourth-order valence-electron chi connectivity index (χ4n) is 1.84. The normalized spacial score (nSPS) is 13.4. The van der Waals surface area contributed by atoms with Gasteiger partial charge in [0, 0.05) is 12.4 Å². The summed E-state index contributed by atoms with van der Waals surface area (Å²) in [5.74, 6) is -2.52. The van der Waals surface area contributed by atoms with E-state index in [1.165, 1.54) is 25.8 Å². The first-order valence-electron chi connectivity index (χ1n) is 5.96. The Kier molecular flexibility index (Phi) is 4.97. The Morgan fingerprint density at radius 3 is 2.27 bits per heavy atom. The third-order valence-corrected chi connectivity index (χ3v) is 3.64. The van der Waals surface area contributed by atoms with Crippen molar-refractivity contribution in [3.63, 3.8) is 0 Å². The first-order valence-corrected chi connectivity index (χ1v) is 6.74. The van der Waals surface area contributed by atoms with E-state index in [0.29, 0.717) is 17.0 Å². The highest BCUT2D eigenvalue weighted by molar-refractivity contribution is 7.97. The highest BCUT2D eigenvalue weighted by Crippen LogP contribution is 2.41. The average molecular weight is 335 g/mol. The molecule has 0 N–H and O–H groups in total. The predicted octanol–water partition coefficient (Wildman–Crippen LogP) is 4.00. The third kappa shape index (κ3) is 3.92. The van der Waals surface area contributed by atoms with Crippen molar-refractivity contribution in [2.24, 2.45) is 0 Å². The minimum Gasteiger partial charge on any atom is -0.244 e. The summed E-state index contributed by atoms with van der Waals surface area (Å²) in [6.07, 6.45) is -0.706. The van der Waals surface area contributed by atoms with Crippen molar-refractivity contribution >= 4 is 11.9 Å². The second kappa shape index (κ2) is 6.57. The van der Waals surface area contributed by atoms with Gasteiger partial charge in [-0.3, -0.25) is 0 Å². The van der Waals surface area contributed by atoms with E-state index in [1.54, 1.807) is 0 Å². The van der Waals surface area contributed by atoms with E-state index in [9.17, 15) is 22.0 Å². The van der Waals surface area contributed by atoms with Crippen LogP contribution in [0.2, 0.25) is 0 Å². The van der Waals surface area contributed by atoms with Gasteiger partial charge in [0.15, 0.2) is 11.6 Å². The number of hydrogen-bond acceptors (Lipinski definition) is 4. The molecule has 0 spiro atoms. The fourth-order valence-corrected chi connectivity index (χ4v) is 2.73. The van der Waals surface area contributed by atoms with Crippen molar-refractivity contribution in [2.75, 3.05) is 7.05 Å². The molecule has 118 valence electrons. The molecule has 0 bridgehead atoms. The van der Waals surface area contributed by atoms with Crippen LogP contribution in [0.25, 0.3) is 0 Å². The van der Waals surface area contributed by atoms with Crippen LogP contribution in [-0.4, -0.2) is 27.5 Å². The second-order valence-electron chi connectivity index (χ2n) is 4.33. The summed E-state index contributed by atoms with van der Waals surface area (Å²) in [4.78, 5) is 7.81. The summed E-state index contributed by atoms with van der Waals surface area (Å²) >= 11 is 0.756. The quantitative estimate of drug-likeness (QED) is 0.624. The van der Waals surface area contributed by atoms with Gasteiger partial charge in [0.1, 0.15) is 12.4 Å². The SMILES string of the molecule is CN(Sc1cncnc1)C(c1ccc(F)c(F)c1)C(F)(F)F. The molecule has 0 saturated carbocycles. The van der Waals surface area contributed by atoms with Gasteiger partial charge in [-0.2, -0.15) is 13.2 Å². The number of halogens is 5. The molecule has 9 heteroatoms. The first kappa shape index (κ1) is 16.6. The fraction of sp³-hybridized carbons (Fsp3) is 0.231. The molecule has 0 aliphatic heterocycles. The smallest absolute Gasteiger partial charge is 0.244 e. The van der Waals surface area contributed by atoms with Gasteiger partial charge in [-0.15, -0.1) is 0 Å². The Labute approximate surface area is 127 Å². The first-order chi connectivity index (χ1) is 10.3. The molecule has 0 saturated heterocycles. The van der Waals surface area contributed by atoms with Crippen molar-refractivity contribution in [2.45, 2.75) is 17.1 Å². The van der Waals surface area contributed by atoms with Gasteiger partial charge in [0.05, 0.1) is 4.90 Å². The predicted molar refractivity (Wildman–Crippen MR) is 70.8 cm³/mol. The number of rotatable bonds is 4. The zero-order valence-electron chi connectivity index (χ0n) is 11.2. The van der Waals surface area contributed by atoms with Gasteiger partial charge in [0.2, 0.25) is 0 Å². The lowest BCUT2D eigenvalue weighted by atomic mass is 10.1. The molecular formula is C13H10F5N3S. The molecular weight excluding hydrogens is 325 g/mol. The summed E-state index contributed by atoms with van der Waals surface area (Å²) < 4.78 is 66.9. The van der Waals surface area contributed by atoms with Gasteiger partial charge in [-0.1, -0.05) is 6.07 Å². The monoisotopic (exact) mass is 335 g/mol. The lowest BCUT2D eigenvalue weighted by Crippen LogP contribution is -2.32. The molecule has 3 nitrogen and oxygen atoms in total. The van der Waals surface area contributed by atoms with Crippen molar-refractivity contribution in [3.8, 4) is 0 Å². The van der Waals surface area contributed by atoms with Crippen LogP contribution < -0.4 is 0 Å². The largest absolute Gasteiger partial charge is 0.408 e. The average Bonchev–Trinajstić information content (AvgIpc) is 2.42. The molecule has 0 fully saturated rings. The Hall–Kier alpha value is -1.74. The molecule has 22 heavy (non-hydrogen) atoms. The maximum absolute atomic E-state index is 13.3. The van der Waals surface area contributed by atoms with Crippen LogP contribution in [0.4, 0.5) is 22.0 Å². The van der Waals surface area contributed by atoms with Crippen LogP contribution >= 0.6 is 11.9 Å². The topological polar surface area (TPSA) is 29.0 Å². The van der Waals surface area contributed by atoms with Crippen LogP contribution in [0.3, 0.4) is 0 Å². The minimum atomic E-state index is -4.67. The highest BCUT2D eigenvalue weighted by atomic mass is 32.2. The lowest BCUT2D eigenvalue weighted by molar-refractivity contribution is -0.170. The molecule has 1 aromatic carbocycles. The van der Waals surface area contributed by atoms with E-state index in [4.69, 9.17) is 0 Å². The summed E-state index contributed by atoms with van der Waals surface area (Å²) in [7, 11) is 1.21.